The highest BCUT2D eigenvalue weighted by atomic mass is 16.5. The SMILES string of the molecule is COc1cc(OC)cc(C(N)C2Cc3ccccc3O2)c1. The van der Waals surface area contributed by atoms with Gasteiger partial charge in [0.25, 0.3) is 0 Å². The number of para-hydroxylation sites is 1. The van der Waals surface area contributed by atoms with Gasteiger partial charge in [-0.15, -0.1) is 0 Å². The summed E-state index contributed by atoms with van der Waals surface area (Å²) in [7, 11) is 3.26. The fraction of sp³-hybridized carbons (Fsp3) is 0.294. The van der Waals surface area contributed by atoms with E-state index in [1.165, 1.54) is 5.56 Å². The Morgan fingerprint density at radius 2 is 1.76 bits per heavy atom. The number of methoxy groups -OCH3 is 2. The van der Waals surface area contributed by atoms with Gasteiger partial charge in [0.2, 0.25) is 0 Å². The number of ether oxygens (including phenoxy) is 3. The molecule has 0 amide bonds. The summed E-state index contributed by atoms with van der Waals surface area (Å²) >= 11 is 0. The Hall–Kier alpha value is -2.20. The van der Waals surface area contributed by atoms with Crippen LogP contribution < -0.4 is 19.9 Å². The van der Waals surface area contributed by atoms with E-state index in [2.05, 4.69) is 6.07 Å². The lowest BCUT2D eigenvalue weighted by molar-refractivity contribution is 0.199. The first-order valence-electron chi connectivity index (χ1n) is 6.94. The lowest BCUT2D eigenvalue weighted by Gasteiger charge is -2.20. The van der Waals surface area contributed by atoms with Crippen molar-refractivity contribution in [3.63, 3.8) is 0 Å². The fourth-order valence-electron chi connectivity index (χ4n) is 2.65. The lowest BCUT2D eigenvalue weighted by atomic mass is 9.98. The highest BCUT2D eigenvalue weighted by Crippen LogP contribution is 2.35. The van der Waals surface area contributed by atoms with Gasteiger partial charge in [-0.25, -0.2) is 0 Å². The van der Waals surface area contributed by atoms with Gasteiger partial charge in [0.1, 0.15) is 23.4 Å². The van der Waals surface area contributed by atoms with Gasteiger partial charge in [-0.1, -0.05) is 18.2 Å². The summed E-state index contributed by atoms with van der Waals surface area (Å²) in [5.41, 5.74) is 8.54. The molecule has 0 saturated carbocycles. The first-order chi connectivity index (χ1) is 10.2. The molecule has 1 aliphatic rings. The number of benzene rings is 2. The maximum absolute atomic E-state index is 6.39. The van der Waals surface area contributed by atoms with Gasteiger partial charge < -0.3 is 19.9 Å². The second kappa shape index (κ2) is 5.66. The third-order valence-electron chi connectivity index (χ3n) is 3.83. The predicted octanol–water partition coefficient (Wildman–Crippen LogP) is 2.71. The lowest BCUT2D eigenvalue weighted by Crippen LogP contribution is -2.30. The highest BCUT2D eigenvalue weighted by Gasteiger charge is 2.29. The van der Waals surface area contributed by atoms with E-state index in [-0.39, 0.29) is 12.1 Å². The van der Waals surface area contributed by atoms with E-state index >= 15 is 0 Å². The average Bonchev–Trinajstić information content (AvgIpc) is 2.97. The van der Waals surface area contributed by atoms with E-state index in [1.54, 1.807) is 14.2 Å². The van der Waals surface area contributed by atoms with Crippen LogP contribution >= 0.6 is 0 Å². The quantitative estimate of drug-likeness (QED) is 0.938. The zero-order chi connectivity index (χ0) is 14.8. The molecule has 2 unspecified atom stereocenters. The second-order valence-electron chi connectivity index (χ2n) is 5.14. The van der Waals surface area contributed by atoms with Crippen molar-refractivity contribution < 1.29 is 14.2 Å². The molecule has 0 aromatic heterocycles. The van der Waals surface area contributed by atoms with Gasteiger partial charge in [0.05, 0.1) is 20.3 Å². The summed E-state index contributed by atoms with van der Waals surface area (Å²) in [6.07, 6.45) is 0.746. The van der Waals surface area contributed by atoms with E-state index in [9.17, 15) is 0 Å². The topological polar surface area (TPSA) is 53.7 Å². The minimum absolute atomic E-state index is 0.0702. The van der Waals surface area contributed by atoms with Crippen molar-refractivity contribution in [3.05, 3.63) is 53.6 Å². The molecule has 0 radical (unpaired) electrons. The Morgan fingerprint density at radius 3 is 2.38 bits per heavy atom. The van der Waals surface area contributed by atoms with Crippen LogP contribution in [-0.2, 0) is 6.42 Å². The number of rotatable bonds is 4. The molecule has 1 aliphatic heterocycles. The molecule has 2 atom stereocenters. The Kier molecular flexibility index (Phi) is 3.71. The van der Waals surface area contributed by atoms with Crippen molar-refractivity contribution >= 4 is 0 Å². The molecule has 0 spiro atoms. The molecule has 110 valence electrons. The largest absolute Gasteiger partial charge is 0.497 e. The van der Waals surface area contributed by atoms with Crippen LogP contribution in [0.4, 0.5) is 0 Å². The van der Waals surface area contributed by atoms with Crippen molar-refractivity contribution in [1.82, 2.24) is 0 Å². The molecule has 2 aromatic carbocycles. The van der Waals surface area contributed by atoms with Crippen LogP contribution in [0.15, 0.2) is 42.5 Å². The molecule has 4 heteroatoms. The van der Waals surface area contributed by atoms with E-state index in [1.807, 2.05) is 36.4 Å². The molecule has 4 nitrogen and oxygen atoms in total. The third-order valence-corrected chi connectivity index (χ3v) is 3.83. The molecule has 0 fully saturated rings. The fourth-order valence-corrected chi connectivity index (χ4v) is 2.65. The molecule has 0 saturated heterocycles. The Bertz CT molecular complexity index is 594. The minimum Gasteiger partial charge on any atom is -0.497 e. The second-order valence-corrected chi connectivity index (χ2v) is 5.14. The minimum atomic E-state index is -0.235. The summed E-state index contributed by atoms with van der Waals surface area (Å²) in [4.78, 5) is 0. The summed E-state index contributed by atoms with van der Waals surface area (Å²) in [5.74, 6) is 2.39. The van der Waals surface area contributed by atoms with E-state index in [4.69, 9.17) is 19.9 Å². The zero-order valence-electron chi connectivity index (χ0n) is 12.2. The Balaban J connectivity index is 1.85. The highest BCUT2D eigenvalue weighted by molar-refractivity contribution is 5.42. The zero-order valence-corrected chi connectivity index (χ0v) is 12.2. The van der Waals surface area contributed by atoms with E-state index < -0.39 is 0 Å². The van der Waals surface area contributed by atoms with Crippen LogP contribution in [0.25, 0.3) is 0 Å². The maximum atomic E-state index is 6.39. The van der Waals surface area contributed by atoms with Gasteiger partial charge in [0, 0.05) is 12.5 Å². The van der Waals surface area contributed by atoms with Crippen LogP contribution in [-0.4, -0.2) is 20.3 Å². The van der Waals surface area contributed by atoms with Gasteiger partial charge in [-0.3, -0.25) is 0 Å². The monoisotopic (exact) mass is 285 g/mol. The van der Waals surface area contributed by atoms with Crippen molar-refractivity contribution in [3.8, 4) is 17.2 Å². The molecule has 21 heavy (non-hydrogen) atoms. The molecular weight excluding hydrogens is 266 g/mol. The molecule has 0 bridgehead atoms. The van der Waals surface area contributed by atoms with Gasteiger partial charge in [-0.2, -0.15) is 0 Å². The Labute approximate surface area is 124 Å². The molecule has 2 N–H and O–H groups in total. The van der Waals surface area contributed by atoms with Crippen LogP contribution in [0.2, 0.25) is 0 Å². The van der Waals surface area contributed by atoms with Crippen molar-refractivity contribution in [2.75, 3.05) is 14.2 Å². The molecule has 2 aromatic rings. The number of fused-ring (bicyclic) bond motifs is 1. The predicted molar refractivity (Wildman–Crippen MR) is 81.0 cm³/mol. The van der Waals surface area contributed by atoms with E-state index in [0.29, 0.717) is 0 Å². The first kappa shape index (κ1) is 13.8. The molecule has 1 heterocycles. The van der Waals surface area contributed by atoms with Crippen LogP contribution in [0.5, 0.6) is 17.2 Å². The maximum Gasteiger partial charge on any atom is 0.123 e. The van der Waals surface area contributed by atoms with Gasteiger partial charge in [-0.05, 0) is 29.3 Å². The number of nitrogens with two attached hydrogens (primary N) is 1. The van der Waals surface area contributed by atoms with Gasteiger partial charge >= 0.3 is 0 Å². The van der Waals surface area contributed by atoms with E-state index in [0.717, 1.165) is 29.2 Å². The average molecular weight is 285 g/mol. The summed E-state index contributed by atoms with van der Waals surface area (Å²) in [6, 6.07) is 13.5. The van der Waals surface area contributed by atoms with Crippen LogP contribution in [0.1, 0.15) is 17.2 Å². The molecular formula is C17H19NO3. The molecule has 3 rings (SSSR count). The van der Waals surface area contributed by atoms with Crippen LogP contribution in [0, 0.1) is 0 Å². The number of hydrogen-bond acceptors (Lipinski definition) is 4. The number of hydrogen-bond donors (Lipinski definition) is 1. The standard InChI is InChI=1S/C17H19NO3/c1-19-13-7-12(8-14(10-13)20-2)17(18)16-9-11-5-3-4-6-15(11)21-16/h3-8,10,16-17H,9,18H2,1-2H3. The summed E-state index contributed by atoms with van der Waals surface area (Å²) < 4.78 is 16.6. The van der Waals surface area contributed by atoms with Crippen molar-refractivity contribution in [1.29, 1.82) is 0 Å². The van der Waals surface area contributed by atoms with Crippen molar-refractivity contribution in [2.24, 2.45) is 5.73 Å². The van der Waals surface area contributed by atoms with Gasteiger partial charge in [0.15, 0.2) is 0 Å². The Morgan fingerprint density at radius 1 is 1.10 bits per heavy atom. The summed E-state index contributed by atoms with van der Waals surface area (Å²) in [5, 5.41) is 0. The smallest absolute Gasteiger partial charge is 0.123 e. The van der Waals surface area contributed by atoms with Crippen LogP contribution in [0.3, 0.4) is 0 Å². The van der Waals surface area contributed by atoms with Crippen molar-refractivity contribution in [2.45, 2.75) is 18.6 Å². The normalized spacial score (nSPS) is 17.8. The third kappa shape index (κ3) is 2.67. The first-order valence-corrected chi connectivity index (χ1v) is 6.94. The summed E-state index contributed by atoms with van der Waals surface area (Å²) in [6.45, 7) is 0. The molecule has 0 aliphatic carbocycles.